The number of hydrogen-bond donors (Lipinski definition) is 1. The zero-order valence-electron chi connectivity index (χ0n) is 26.9. The van der Waals surface area contributed by atoms with Crippen LogP contribution in [-0.4, -0.2) is 62.7 Å². The maximum atomic E-state index is 12.6. The maximum absolute atomic E-state index is 12.6. The minimum Gasteiger partial charge on any atom is -0.456 e. The molecule has 9 nitrogen and oxygen atoms in total. The molecule has 0 saturated carbocycles. The van der Waals surface area contributed by atoms with Crippen LogP contribution >= 0.6 is 0 Å². The molecule has 2 aliphatic rings. The van der Waals surface area contributed by atoms with Crippen LogP contribution in [-0.2, 0) is 23.4 Å². The summed E-state index contributed by atoms with van der Waals surface area (Å²) >= 11 is 0. The SMILES string of the molecule is CCN(c1ccccc1)c1ccc2c(-c3ccccc3S(=O)(=O)O)c3ccc(=[N+](CC)CCC[Si](OC)(OC)OC)cc-3oc2c1. The third-order valence-corrected chi connectivity index (χ3v) is 12.2. The lowest BCUT2D eigenvalue weighted by Crippen LogP contribution is -2.43. The summed E-state index contributed by atoms with van der Waals surface area (Å²) in [6, 6.07) is 29.2. The van der Waals surface area contributed by atoms with E-state index in [1.165, 1.54) is 6.07 Å². The normalized spacial score (nSPS) is 12.9. The number of para-hydroxylation sites is 1. The van der Waals surface area contributed by atoms with Crippen LogP contribution in [0.3, 0.4) is 0 Å². The molecule has 3 aromatic rings. The molecule has 0 radical (unpaired) electrons. The lowest BCUT2D eigenvalue weighted by molar-refractivity contribution is 0.123. The molecule has 0 unspecified atom stereocenters. The van der Waals surface area contributed by atoms with Crippen molar-refractivity contribution in [2.24, 2.45) is 0 Å². The minimum absolute atomic E-state index is 0.159. The predicted molar refractivity (Wildman–Crippen MR) is 184 cm³/mol. The Kier molecular flexibility index (Phi) is 10.4. The van der Waals surface area contributed by atoms with Crippen molar-refractivity contribution in [2.75, 3.05) is 45.9 Å². The van der Waals surface area contributed by atoms with E-state index >= 15 is 0 Å². The van der Waals surface area contributed by atoms with Crippen LogP contribution in [0, 0.1) is 0 Å². The Morgan fingerprint density at radius 3 is 2.17 bits per heavy atom. The first-order valence-electron chi connectivity index (χ1n) is 15.3. The maximum Gasteiger partial charge on any atom is 0.500 e. The molecule has 0 saturated heterocycles. The summed E-state index contributed by atoms with van der Waals surface area (Å²) in [6.07, 6.45) is 0.797. The van der Waals surface area contributed by atoms with Gasteiger partial charge in [-0.05, 0) is 50.2 Å². The van der Waals surface area contributed by atoms with Crippen molar-refractivity contribution < 1.29 is 30.7 Å². The molecular weight excluding hydrogens is 621 g/mol. The van der Waals surface area contributed by atoms with E-state index < -0.39 is 18.9 Å². The lowest BCUT2D eigenvalue weighted by atomic mass is 9.93. The molecule has 46 heavy (non-hydrogen) atoms. The first kappa shape index (κ1) is 33.5. The molecule has 242 valence electrons. The Labute approximate surface area is 271 Å². The fourth-order valence-corrected chi connectivity index (χ4v) is 8.46. The van der Waals surface area contributed by atoms with E-state index in [-0.39, 0.29) is 4.90 Å². The topological polar surface area (TPSA) is 101 Å². The van der Waals surface area contributed by atoms with Gasteiger partial charge in [-0.2, -0.15) is 8.42 Å². The smallest absolute Gasteiger partial charge is 0.456 e. The largest absolute Gasteiger partial charge is 0.500 e. The minimum atomic E-state index is -4.51. The van der Waals surface area contributed by atoms with E-state index in [0.29, 0.717) is 28.5 Å². The van der Waals surface area contributed by atoms with Gasteiger partial charge in [-0.1, -0.05) is 36.4 Å². The quantitative estimate of drug-likeness (QED) is 0.0647. The molecule has 5 rings (SSSR count). The van der Waals surface area contributed by atoms with Crippen molar-refractivity contribution in [3.8, 4) is 22.5 Å². The second kappa shape index (κ2) is 14.3. The number of fused-ring (bicyclic) bond motifs is 2. The summed E-state index contributed by atoms with van der Waals surface area (Å²) in [6.45, 7) is 6.42. The van der Waals surface area contributed by atoms with E-state index in [0.717, 1.165) is 53.7 Å². The molecule has 1 aliphatic heterocycles. The Bertz CT molecular complexity index is 1950. The monoisotopic (exact) mass is 661 g/mol. The molecule has 0 spiro atoms. The predicted octanol–water partition coefficient (Wildman–Crippen LogP) is 6.67. The van der Waals surface area contributed by atoms with Crippen LogP contribution in [0.1, 0.15) is 20.3 Å². The molecule has 0 atom stereocenters. The Morgan fingerprint density at radius 1 is 0.826 bits per heavy atom. The highest BCUT2D eigenvalue weighted by molar-refractivity contribution is 7.86. The van der Waals surface area contributed by atoms with Gasteiger partial charge < -0.3 is 22.6 Å². The number of nitrogens with zero attached hydrogens (tertiary/aromatic N) is 2. The highest BCUT2D eigenvalue weighted by Crippen LogP contribution is 2.43. The summed E-state index contributed by atoms with van der Waals surface area (Å²) in [7, 11) is -2.35. The summed E-state index contributed by atoms with van der Waals surface area (Å²) in [5, 5.41) is 1.69. The van der Waals surface area contributed by atoms with Gasteiger partial charge in [0.1, 0.15) is 29.3 Å². The fraction of sp³-hybridized carbons (Fsp3) is 0.286. The van der Waals surface area contributed by atoms with Crippen LogP contribution in [0.2, 0.25) is 6.04 Å². The van der Waals surface area contributed by atoms with Crippen molar-refractivity contribution in [2.45, 2.75) is 31.2 Å². The van der Waals surface area contributed by atoms with Gasteiger partial charge in [-0.3, -0.25) is 4.55 Å². The van der Waals surface area contributed by atoms with E-state index in [4.69, 9.17) is 17.7 Å². The number of anilines is 2. The molecule has 0 fully saturated rings. The van der Waals surface area contributed by atoms with Crippen LogP contribution in [0.4, 0.5) is 11.4 Å². The molecule has 0 amide bonds. The summed E-state index contributed by atoms with van der Waals surface area (Å²) in [5.41, 5.74) is 4.38. The standard InChI is InChI=1S/C35H40N2O7SSi/c1-6-36(22-13-23-46(41-3,42-4)43-5)27-18-20-29-32(24-27)44-33-25-28(37(7-2)26-14-9-8-10-15-26)19-21-30(33)35(29)31-16-11-12-17-34(31)45(38,39)40/h8-12,14-21,24-25H,6-7,13,22-23H2,1-5H3/p+1. The molecule has 0 bridgehead atoms. The highest BCUT2D eigenvalue weighted by atomic mass is 32.2. The third-order valence-electron chi connectivity index (χ3n) is 8.41. The summed E-state index contributed by atoms with van der Waals surface area (Å²) in [5.74, 6) is 0.595. The van der Waals surface area contributed by atoms with Gasteiger partial charge in [-0.25, -0.2) is 4.58 Å². The molecule has 1 aliphatic carbocycles. The van der Waals surface area contributed by atoms with Gasteiger partial charge in [0.15, 0.2) is 0 Å². The first-order chi connectivity index (χ1) is 22.2. The Morgan fingerprint density at radius 2 is 1.52 bits per heavy atom. The second-order valence-electron chi connectivity index (χ2n) is 10.9. The van der Waals surface area contributed by atoms with E-state index in [2.05, 4.69) is 35.5 Å². The zero-order chi connectivity index (χ0) is 32.9. The lowest BCUT2D eigenvalue weighted by Gasteiger charge is -2.24. The second-order valence-corrected chi connectivity index (χ2v) is 15.3. The van der Waals surface area contributed by atoms with Gasteiger partial charge in [0.05, 0.1) is 6.07 Å². The van der Waals surface area contributed by atoms with Crippen molar-refractivity contribution >= 4 is 41.3 Å². The fourth-order valence-electron chi connectivity index (χ4n) is 6.05. The van der Waals surface area contributed by atoms with Crippen LogP contribution in [0.25, 0.3) is 33.4 Å². The third kappa shape index (κ3) is 6.80. The van der Waals surface area contributed by atoms with Crippen molar-refractivity contribution in [3.05, 3.63) is 96.4 Å². The van der Waals surface area contributed by atoms with Crippen LogP contribution < -0.4 is 14.8 Å². The van der Waals surface area contributed by atoms with Gasteiger partial charge in [-0.15, -0.1) is 0 Å². The molecule has 0 aromatic heterocycles. The molecule has 1 N–H and O–H groups in total. The van der Waals surface area contributed by atoms with E-state index in [9.17, 15) is 13.0 Å². The number of benzene rings is 4. The molecule has 1 heterocycles. The first-order valence-corrected chi connectivity index (χ1v) is 18.7. The van der Waals surface area contributed by atoms with Gasteiger partial charge >= 0.3 is 8.80 Å². The average Bonchev–Trinajstić information content (AvgIpc) is 3.08. The van der Waals surface area contributed by atoms with Crippen LogP contribution in [0.5, 0.6) is 0 Å². The average molecular weight is 662 g/mol. The van der Waals surface area contributed by atoms with E-state index in [1.54, 1.807) is 39.5 Å². The highest BCUT2D eigenvalue weighted by Gasteiger charge is 2.37. The number of rotatable bonds is 13. The molecule has 11 heteroatoms. The Hall–Kier alpha value is -3.84. The summed E-state index contributed by atoms with van der Waals surface area (Å²) < 4.78 is 61.0. The van der Waals surface area contributed by atoms with Crippen molar-refractivity contribution in [3.63, 3.8) is 0 Å². The van der Waals surface area contributed by atoms with Crippen molar-refractivity contribution in [1.82, 2.24) is 4.58 Å². The molecule has 3 aromatic carbocycles. The molecular formula is C35H41N2O7SSi+. The van der Waals surface area contributed by atoms with Gasteiger partial charge in [0.25, 0.3) is 10.1 Å². The van der Waals surface area contributed by atoms with Gasteiger partial charge in [0, 0.05) is 85.9 Å². The zero-order valence-corrected chi connectivity index (χ0v) is 28.7. The van der Waals surface area contributed by atoms with Crippen LogP contribution in [0.15, 0.2) is 100 Å². The Balaban J connectivity index is 1.72. The summed E-state index contributed by atoms with van der Waals surface area (Å²) in [4.78, 5) is 2.03. The van der Waals surface area contributed by atoms with E-state index in [1.807, 2.05) is 54.6 Å². The van der Waals surface area contributed by atoms with Crippen molar-refractivity contribution in [1.29, 1.82) is 0 Å². The van der Waals surface area contributed by atoms with Gasteiger partial charge in [0.2, 0.25) is 5.36 Å². The number of hydrogen-bond acceptors (Lipinski definition) is 7.